The molecule has 29 heavy (non-hydrogen) atoms. The monoisotopic (exact) mass is 403 g/mol. The molecule has 0 spiro atoms. The number of nitrogens with zero attached hydrogens (tertiary/aromatic N) is 1. The lowest BCUT2D eigenvalue weighted by Gasteiger charge is -2.23. The van der Waals surface area contributed by atoms with E-state index in [0.717, 1.165) is 21.6 Å². The van der Waals surface area contributed by atoms with Crippen LogP contribution in [0.4, 0.5) is 10.5 Å². The van der Waals surface area contributed by atoms with Gasteiger partial charge in [-0.15, -0.1) is 0 Å². The van der Waals surface area contributed by atoms with Crippen molar-refractivity contribution in [2.75, 3.05) is 11.9 Å². The molecule has 8 heteroatoms. The minimum atomic E-state index is -1.08. The van der Waals surface area contributed by atoms with Crippen LogP contribution in [-0.4, -0.2) is 46.9 Å². The van der Waals surface area contributed by atoms with Gasteiger partial charge in [-0.1, -0.05) is 31.5 Å². The Labute approximate surface area is 171 Å². The molecule has 2 rings (SSSR count). The summed E-state index contributed by atoms with van der Waals surface area (Å²) in [6, 6.07) is 3.27. The highest BCUT2D eigenvalue weighted by Crippen LogP contribution is 2.25. The fraction of sp³-hybridized carbons (Fsp3) is 0.524. The van der Waals surface area contributed by atoms with Crippen LogP contribution in [0.5, 0.6) is 0 Å². The van der Waals surface area contributed by atoms with Gasteiger partial charge in [-0.25, -0.2) is 4.79 Å². The molecule has 1 aliphatic heterocycles. The maximum atomic E-state index is 12.6. The molecule has 1 aliphatic rings. The maximum Gasteiger partial charge on any atom is 0.327 e. The highest BCUT2D eigenvalue weighted by Gasteiger charge is 2.49. The van der Waals surface area contributed by atoms with Gasteiger partial charge in [0.15, 0.2) is 6.10 Å². The fourth-order valence-electron chi connectivity index (χ4n) is 3.57. The van der Waals surface area contributed by atoms with Gasteiger partial charge in [0.05, 0.1) is 0 Å². The number of ether oxygens (including phenoxy) is 1. The lowest BCUT2D eigenvalue weighted by atomic mass is 9.93. The van der Waals surface area contributed by atoms with Crippen LogP contribution in [0.1, 0.15) is 50.3 Å². The summed E-state index contributed by atoms with van der Waals surface area (Å²) < 4.78 is 5.16. The van der Waals surface area contributed by atoms with E-state index in [0.29, 0.717) is 18.5 Å². The number of imide groups is 1. The van der Waals surface area contributed by atoms with E-state index in [1.165, 1.54) is 6.92 Å². The summed E-state index contributed by atoms with van der Waals surface area (Å²) in [5, 5.41) is 5.43. The topological polar surface area (TPSA) is 105 Å². The highest BCUT2D eigenvalue weighted by molar-refractivity contribution is 6.08. The highest BCUT2D eigenvalue weighted by atomic mass is 16.5. The van der Waals surface area contributed by atoms with E-state index in [2.05, 4.69) is 10.6 Å². The van der Waals surface area contributed by atoms with Crippen LogP contribution in [0.3, 0.4) is 0 Å². The Morgan fingerprint density at radius 3 is 2.17 bits per heavy atom. The van der Waals surface area contributed by atoms with Crippen LogP contribution in [0.2, 0.25) is 0 Å². The molecule has 158 valence electrons. The number of benzene rings is 1. The van der Waals surface area contributed by atoms with Crippen LogP contribution in [0.25, 0.3) is 0 Å². The fourth-order valence-corrected chi connectivity index (χ4v) is 3.57. The Bertz CT molecular complexity index is 822. The number of anilines is 1. The molecule has 0 saturated carbocycles. The number of hydrogen-bond acceptors (Lipinski definition) is 5. The van der Waals surface area contributed by atoms with Gasteiger partial charge < -0.3 is 15.4 Å². The van der Waals surface area contributed by atoms with Crippen molar-refractivity contribution in [3.8, 4) is 0 Å². The van der Waals surface area contributed by atoms with Gasteiger partial charge in [-0.3, -0.25) is 19.3 Å². The molecule has 0 bridgehead atoms. The van der Waals surface area contributed by atoms with E-state index >= 15 is 0 Å². The van der Waals surface area contributed by atoms with Gasteiger partial charge in [0, 0.05) is 5.69 Å². The van der Waals surface area contributed by atoms with Crippen LogP contribution in [-0.2, 0) is 19.1 Å². The molecule has 0 aromatic heterocycles. The quantitative estimate of drug-likeness (QED) is 0.538. The number of carbonyl (C=O) groups is 4. The van der Waals surface area contributed by atoms with Crippen molar-refractivity contribution in [3.05, 3.63) is 28.8 Å². The molecular weight excluding hydrogens is 374 g/mol. The lowest BCUT2D eigenvalue weighted by molar-refractivity contribution is -0.155. The van der Waals surface area contributed by atoms with Gasteiger partial charge in [0.1, 0.15) is 12.1 Å². The molecule has 1 unspecified atom stereocenters. The van der Waals surface area contributed by atoms with E-state index in [-0.39, 0.29) is 0 Å². The van der Waals surface area contributed by atoms with Crippen molar-refractivity contribution in [3.63, 3.8) is 0 Å². The van der Waals surface area contributed by atoms with Crippen molar-refractivity contribution < 1.29 is 23.9 Å². The van der Waals surface area contributed by atoms with Crippen molar-refractivity contribution in [1.82, 2.24) is 10.2 Å². The van der Waals surface area contributed by atoms with E-state index in [4.69, 9.17) is 4.74 Å². The predicted molar refractivity (Wildman–Crippen MR) is 108 cm³/mol. The molecular formula is C21H29N3O5. The molecule has 0 radical (unpaired) electrons. The minimum absolute atomic E-state index is 0.424. The lowest BCUT2D eigenvalue weighted by Crippen LogP contribution is -2.46. The van der Waals surface area contributed by atoms with Gasteiger partial charge in [-0.05, 0) is 51.7 Å². The Morgan fingerprint density at radius 1 is 1.14 bits per heavy atom. The average Bonchev–Trinajstić information content (AvgIpc) is 2.88. The minimum Gasteiger partial charge on any atom is -0.451 e. The number of hydrogen-bond donors (Lipinski definition) is 2. The first-order valence-electron chi connectivity index (χ1n) is 9.77. The zero-order valence-corrected chi connectivity index (χ0v) is 17.8. The van der Waals surface area contributed by atoms with Crippen LogP contribution in [0.15, 0.2) is 12.1 Å². The molecule has 1 heterocycles. The molecule has 0 aliphatic carbocycles. The number of urea groups is 1. The van der Waals surface area contributed by atoms with Crippen LogP contribution >= 0.6 is 0 Å². The first-order valence-corrected chi connectivity index (χ1v) is 9.77. The van der Waals surface area contributed by atoms with Gasteiger partial charge in [0.2, 0.25) is 0 Å². The molecule has 2 N–H and O–H groups in total. The summed E-state index contributed by atoms with van der Waals surface area (Å²) >= 11 is 0. The van der Waals surface area contributed by atoms with Crippen molar-refractivity contribution >= 4 is 29.5 Å². The largest absolute Gasteiger partial charge is 0.451 e. The summed E-state index contributed by atoms with van der Waals surface area (Å²) in [4.78, 5) is 50.2. The van der Waals surface area contributed by atoms with Gasteiger partial charge in [0.25, 0.3) is 11.8 Å². The molecule has 1 aromatic carbocycles. The van der Waals surface area contributed by atoms with Crippen LogP contribution < -0.4 is 10.6 Å². The van der Waals surface area contributed by atoms with E-state index in [1.807, 2.05) is 32.9 Å². The predicted octanol–water partition coefficient (Wildman–Crippen LogP) is 2.59. The normalized spacial score (nSPS) is 16.4. The Kier molecular flexibility index (Phi) is 6.66. The second kappa shape index (κ2) is 8.63. The van der Waals surface area contributed by atoms with Crippen molar-refractivity contribution in [2.24, 2.45) is 0 Å². The summed E-state index contributed by atoms with van der Waals surface area (Å²) in [6.07, 6.45) is -0.230. The zero-order chi connectivity index (χ0) is 21.9. The Morgan fingerprint density at radius 2 is 1.69 bits per heavy atom. The van der Waals surface area contributed by atoms with Gasteiger partial charge in [-0.2, -0.15) is 0 Å². The smallest absolute Gasteiger partial charge is 0.327 e. The molecule has 8 nitrogen and oxygen atoms in total. The van der Waals surface area contributed by atoms with Crippen molar-refractivity contribution in [2.45, 2.75) is 66.0 Å². The zero-order valence-electron chi connectivity index (χ0n) is 17.8. The average molecular weight is 403 g/mol. The van der Waals surface area contributed by atoms with E-state index in [1.54, 1.807) is 13.8 Å². The Hall–Kier alpha value is -2.90. The molecule has 1 aromatic rings. The van der Waals surface area contributed by atoms with Crippen molar-refractivity contribution in [1.29, 1.82) is 0 Å². The van der Waals surface area contributed by atoms with E-state index in [9.17, 15) is 19.2 Å². The van der Waals surface area contributed by atoms with Gasteiger partial charge >= 0.3 is 12.0 Å². The number of carbonyl (C=O) groups excluding carboxylic acids is 4. The summed E-state index contributed by atoms with van der Waals surface area (Å²) in [6.45, 7) is 10.2. The molecule has 1 fully saturated rings. The molecule has 4 amide bonds. The van der Waals surface area contributed by atoms with E-state index < -0.39 is 42.0 Å². The molecule has 1 saturated heterocycles. The second-order valence-electron chi connectivity index (χ2n) is 7.51. The Balaban J connectivity index is 2.00. The first-order chi connectivity index (χ1) is 13.5. The standard InChI is InChI=1S/C21H29N3O5/c1-7-21(8-2)19(27)24(20(28)23-21)11-16(25)29-15(6)18(26)22-17-13(4)9-12(3)10-14(17)5/h9-10,15H,7-8,11H2,1-6H3,(H,22,26)(H,23,28). The molecule has 1 atom stereocenters. The summed E-state index contributed by atoms with van der Waals surface area (Å²) in [7, 11) is 0. The first kappa shape index (κ1) is 22.4. The number of nitrogens with one attached hydrogen (secondary N) is 2. The maximum absolute atomic E-state index is 12.6. The summed E-state index contributed by atoms with van der Waals surface area (Å²) in [5.74, 6) is -1.76. The third-order valence-corrected chi connectivity index (χ3v) is 5.34. The third-order valence-electron chi connectivity index (χ3n) is 5.34. The third kappa shape index (κ3) is 4.58. The number of aryl methyl sites for hydroxylation is 3. The SMILES string of the molecule is CCC1(CC)NC(=O)N(CC(=O)OC(C)C(=O)Nc2c(C)cc(C)cc2C)C1=O. The van der Waals surface area contributed by atoms with Crippen LogP contribution in [0, 0.1) is 20.8 Å². The number of rotatable bonds is 7. The number of amides is 4. The second-order valence-corrected chi connectivity index (χ2v) is 7.51. The number of esters is 1. The summed E-state index contributed by atoms with van der Waals surface area (Å²) in [5.41, 5.74) is 2.59.